The number of carbonyl (C=O) groups is 1. The van der Waals surface area contributed by atoms with E-state index in [4.69, 9.17) is 32.7 Å². The van der Waals surface area contributed by atoms with Crippen LogP contribution in [0.25, 0.3) is 0 Å². The highest BCUT2D eigenvalue weighted by Gasteiger charge is 2.30. The highest BCUT2D eigenvalue weighted by Crippen LogP contribution is 2.34. The number of benzene rings is 2. The molecular formula is C22H23Cl2F3O3. The SMILES string of the molecule is CCCCC(=O)Oc1ccc(Cl)c(Cl)c1CCCCOc1ccc(C(F)(F)F)cc1. The topological polar surface area (TPSA) is 35.5 Å². The van der Waals surface area contributed by atoms with Gasteiger partial charge in [-0.2, -0.15) is 13.2 Å². The normalized spacial score (nSPS) is 11.4. The van der Waals surface area contributed by atoms with Crippen LogP contribution in [-0.2, 0) is 17.4 Å². The molecule has 0 fully saturated rings. The number of alkyl halides is 3. The molecule has 0 bridgehead atoms. The Morgan fingerprint density at radius 2 is 1.70 bits per heavy atom. The standard InChI is InChI=1S/C22H23Cl2F3O3/c1-2-3-7-20(28)30-19-13-12-18(23)21(24)17(19)6-4-5-14-29-16-10-8-15(9-11-16)22(25,26)27/h8-13H,2-7,14H2,1H3. The van der Waals surface area contributed by atoms with E-state index in [9.17, 15) is 18.0 Å². The third kappa shape index (κ3) is 7.40. The fourth-order valence-electron chi connectivity index (χ4n) is 2.73. The third-order valence-corrected chi connectivity index (χ3v) is 5.23. The van der Waals surface area contributed by atoms with Crippen molar-refractivity contribution < 1.29 is 27.4 Å². The van der Waals surface area contributed by atoms with Gasteiger partial charge in [-0.3, -0.25) is 4.79 Å². The van der Waals surface area contributed by atoms with Gasteiger partial charge in [0.25, 0.3) is 0 Å². The van der Waals surface area contributed by atoms with E-state index < -0.39 is 11.7 Å². The molecule has 0 N–H and O–H groups in total. The van der Waals surface area contributed by atoms with Crippen molar-refractivity contribution in [1.29, 1.82) is 0 Å². The van der Waals surface area contributed by atoms with Gasteiger partial charge in [-0.1, -0.05) is 36.5 Å². The Morgan fingerprint density at radius 1 is 1.00 bits per heavy atom. The minimum absolute atomic E-state index is 0.317. The molecule has 30 heavy (non-hydrogen) atoms. The molecule has 3 nitrogen and oxygen atoms in total. The number of carbonyl (C=O) groups excluding carboxylic acids is 1. The monoisotopic (exact) mass is 462 g/mol. The summed E-state index contributed by atoms with van der Waals surface area (Å²) in [5, 5.41) is 0.724. The van der Waals surface area contributed by atoms with Gasteiger partial charge in [-0.05, 0) is 62.1 Å². The van der Waals surface area contributed by atoms with Crippen molar-refractivity contribution in [3.8, 4) is 11.5 Å². The lowest BCUT2D eigenvalue weighted by Crippen LogP contribution is -2.09. The van der Waals surface area contributed by atoms with Crippen molar-refractivity contribution in [3.05, 3.63) is 57.6 Å². The Labute approximate surface area is 184 Å². The largest absolute Gasteiger partial charge is 0.494 e. The second kappa shape index (κ2) is 11.5. The molecule has 0 aliphatic rings. The summed E-state index contributed by atoms with van der Waals surface area (Å²) in [5.74, 6) is 0.450. The minimum Gasteiger partial charge on any atom is -0.494 e. The van der Waals surface area contributed by atoms with E-state index in [1.54, 1.807) is 12.1 Å². The molecule has 2 aromatic carbocycles. The Balaban J connectivity index is 1.88. The minimum atomic E-state index is -4.37. The van der Waals surface area contributed by atoms with Crippen LogP contribution < -0.4 is 9.47 Å². The summed E-state index contributed by atoms with van der Waals surface area (Å²) in [5.41, 5.74) is -0.0602. The summed E-state index contributed by atoms with van der Waals surface area (Å²) in [4.78, 5) is 12.0. The zero-order valence-electron chi connectivity index (χ0n) is 16.5. The van der Waals surface area contributed by atoms with Crippen LogP contribution in [0.1, 0.15) is 50.2 Å². The molecule has 0 spiro atoms. The molecule has 0 radical (unpaired) electrons. The second-order valence-electron chi connectivity index (χ2n) is 6.74. The van der Waals surface area contributed by atoms with Crippen LogP contribution in [0.2, 0.25) is 10.0 Å². The molecule has 0 saturated heterocycles. The lowest BCUT2D eigenvalue weighted by Gasteiger charge is -2.13. The van der Waals surface area contributed by atoms with Gasteiger partial charge >= 0.3 is 12.1 Å². The van der Waals surface area contributed by atoms with Crippen LogP contribution in [0.5, 0.6) is 11.5 Å². The first-order chi connectivity index (χ1) is 14.2. The summed E-state index contributed by atoms with van der Waals surface area (Å²) in [7, 11) is 0. The second-order valence-corrected chi connectivity index (χ2v) is 7.53. The van der Waals surface area contributed by atoms with Crippen LogP contribution in [0, 0.1) is 0 Å². The molecule has 0 saturated carbocycles. The Morgan fingerprint density at radius 3 is 2.33 bits per heavy atom. The van der Waals surface area contributed by atoms with E-state index in [0.717, 1.165) is 25.0 Å². The lowest BCUT2D eigenvalue weighted by molar-refractivity contribution is -0.137. The summed E-state index contributed by atoms with van der Waals surface area (Å²) in [6, 6.07) is 7.78. The van der Waals surface area contributed by atoms with E-state index >= 15 is 0 Å². The molecule has 164 valence electrons. The highest BCUT2D eigenvalue weighted by molar-refractivity contribution is 6.42. The molecule has 2 rings (SSSR count). The van der Waals surface area contributed by atoms with Crippen LogP contribution in [0.4, 0.5) is 13.2 Å². The maximum Gasteiger partial charge on any atom is 0.416 e. The zero-order chi connectivity index (χ0) is 22.1. The van der Waals surface area contributed by atoms with E-state index in [0.29, 0.717) is 59.4 Å². The molecule has 0 aliphatic carbocycles. The summed E-state index contributed by atoms with van der Waals surface area (Å²) in [6.07, 6.45) is -0.581. The maximum atomic E-state index is 12.6. The van der Waals surface area contributed by atoms with Gasteiger partial charge in [0.05, 0.1) is 22.2 Å². The molecule has 0 atom stereocenters. The number of rotatable bonds is 10. The first kappa shape index (κ1) is 24.4. The first-order valence-corrected chi connectivity index (χ1v) is 10.5. The van der Waals surface area contributed by atoms with Crippen molar-refractivity contribution in [3.63, 3.8) is 0 Å². The highest BCUT2D eigenvalue weighted by atomic mass is 35.5. The van der Waals surface area contributed by atoms with Crippen LogP contribution >= 0.6 is 23.2 Å². The number of ether oxygens (including phenoxy) is 2. The van der Waals surface area contributed by atoms with Gasteiger partial charge < -0.3 is 9.47 Å². The van der Waals surface area contributed by atoms with Crippen LogP contribution in [-0.4, -0.2) is 12.6 Å². The van der Waals surface area contributed by atoms with E-state index in [1.807, 2.05) is 6.92 Å². The average molecular weight is 463 g/mol. The molecule has 0 unspecified atom stereocenters. The number of unbranched alkanes of at least 4 members (excludes halogenated alkanes) is 2. The van der Waals surface area contributed by atoms with Crippen molar-refractivity contribution in [2.45, 2.75) is 51.6 Å². The number of hydrogen-bond acceptors (Lipinski definition) is 3. The molecule has 0 aliphatic heterocycles. The lowest BCUT2D eigenvalue weighted by atomic mass is 10.1. The molecule has 0 amide bonds. The number of halogens is 5. The quantitative estimate of drug-likeness (QED) is 0.208. The van der Waals surface area contributed by atoms with Gasteiger partial charge in [-0.15, -0.1) is 0 Å². The van der Waals surface area contributed by atoms with Gasteiger partial charge in [0.1, 0.15) is 11.5 Å². The predicted molar refractivity (Wildman–Crippen MR) is 111 cm³/mol. The third-order valence-electron chi connectivity index (χ3n) is 4.38. The predicted octanol–water partition coefficient (Wildman–Crippen LogP) is 7.51. The fraction of sp³-hybridized carbons (Fsp3) is 0.409. The molecule has 2 aromatic rings. The molecular weight excluding hydrogens is 440 g/mol. The summed E-state index contributed by atoms with van der Waals surface area (Å²) < 4.78 is 48.7. The van der Waals surface area contributed by atoms with E-state index in [-0.39, 0.29) is 5.97 Å². The van der Waals surface area contributed by atoms with Crippen molar-refractivity contribution >= 4 is 29.2 Å². The van der Waals surface area contributed by atoms with E-state index in [1.165, 1.54) is 12.1 Å². The molecule has 8 heteroatoms. The summed E-state index contributed by atoms with van der Waals surface area (Å²) in [6.45, 7) is 2.32. The molecule has 0 heterocycles. The van der Waals surface area contributed by atoms with Gasteiger partial charge in [0.15, 0.2) is 0 Å². The average Bonchev–Trinajstić information content (AvgIpc) is 2.70. The van der Waals surface area contributed by atoms with Crippen LogP contribution in [0.15, 0.2) is 36.4 Å². The Kier molecular flexibility index (Phi) is 9.31. The van der Waals surface area contributed by atoms with Crippen molar-refractivity contribution in [2.24, 2.45) is 0 Å². The van der Waals surface area contributed by atoms with Gasteiger partial charge in [0, 0.05) is 12.0 Å². The smallest absolute Gasteiger partial charge is 0.416 e. The van der Waals surface area contributed by atoms with Crippen molar-refractivity contribution in [1.82, 2.24) is 0 Å². The van der Waals surface area contributed by atoms with E-state index in [2.05, 4.69) is 0 Å². The fourth-order valence-corrected chi connectivity index (χ4v) is 3.16. The van der Waals surface area contributed by atoms with Gasteiger partial charge in [-0.25, -0.2) is 0 Å². The van der Waals surface area contributed by atoms with Crippen molar-refractivity contribution in [2.75, 3.05) is 6.61 Å². The number of esters is 1. The van der Waals surface area contributed by atoms with Gasteiger partial charge in [0.2, 0.25) is 0 Å². The van der Waals surface area contributed by atoms with Crippen LogP contribution in [0.3, 0.4) is 0 Å². The maximum absolute atomic E-state index is 12.6. The first-order valence-electron chi connectivity index (χ1n) is 9.70. The zero-order valence-corrected chi connectivity index (χ0v) is 18.0. The number of hydrogen-bond donors (Lipinski definition) is 0. The Bertz CT molecular complexity index is 837. The summed E-state index contributed by atoms with van der Waals surface area (Å²) >= 11 is 12.4. The Hall–Kier alpha value is -1.92. The molecule has 0 aromatic heterocycles.